The molecule has 5 heteroatoms. The largest absolute Gasteiger partial charge is 0.334 e. The van der Waals surface area contributed by atoms with Crippen LogP contribution < -0.4 is 10.6 Å². The van der Waals surface area contributed by atoms with Crippen LogP contribution in [0.4, 0.5) is 5.00 Å². The summed E-state index contributed by atoms with van der Waals surface area (Å²) in [5.41, 5.74) is 2.25. The number of carbonyl (C=O) groups is 1. The number of nitriles is 1. The van der Waals surface area contributed by atoms with Crippen molar-refractivity contribution in [1.82, 2.24) is 0 Å². The lowest BCUT2D eigenvalue weighted by Crippen LogP contribution is -3.00. The molecule has 0 saturated heterocycles. The fraction of sp³-hybridized carbons (Fsp3) is 0.727. The molecule has 144 valence electrons. The van der Waals surface area contributed by atoms with Crippen LogP contribution in [-0.2, 0) is 17.6 Å². The molecular weight excluding hydrogens is 354 g/mol. The Hall–Kier alpha value is -1.38. The molecule has 0 aromatic carbocycles. The van der Waals surface area contributed by atoms with E-state index in [4.69, 9.17) is 0 Å². The van der Waals surface area contributed by atoms with Gasteiger partial charge in [0.25, 0.3) is 5.91 Å². The third-order valence-corrected chi connectivity index (χ3v) is 8.85. The van der Waals surface area contributed by atoms with Crippen LogP contribution in [0.3, 0.4) is 0 Å². The zero-order valence-corrected chi connectivity index (χ0v) is 17.0. The van der Waals surface area contributed by atoms with Crippen LogP contribution in [0.5, 0.6) is 0 Å². The normalized spacial score (nSPS) is 36.3. The Morgan fingerprint density at radius 1 is 1.26 bits per heavy atom. The zero-order valence-electron chi connectivity index (χ0n) is 16.2. The van der Waals surface area contributed by atoms with Gasteiger partial charge in [0.2, 0.25) is 0 Å². The first-order valence-corrected chi connectivity index (χ1v) is 11.5. The highest BCUT2D eigenvalue weighted by Crippen LogP contribution is 2.54. The van der Waals surface area contributed by atoms with Gasteiger partial charge in [0.05, 0.1) is 11.1 Å². The fourth-order valence-corrected chi connectivity index (χ4v) is 8.25. The second-order valence-electron chi connectivity index (χ2n) is 9.90. The van der Waals surface area contributed by atoms with E-state index in [0.29, 0.717) is 18.0 Å². The number of anilines is 1. The predicted octanol–water partition coefficient (Wildman–Crippen LogP) is 3.22. The van der Waals surface area contributed by atoms with Gasteiger partial charge in [-0.2, -0.15) is 5.26 Å². The molecule has 1 amide bonds. The monoisotopic (exact) mass is 384 g/mol. The topological polar surface area (TPSA) is 69.5 Å². The lowest BCUT2D eigenvalue weighted by Gasteiger charge is -2.54. The van der Waals surface area contributed by atoms with Crippen molar-refractivity contribution in [3.63, 3.8) is 0 Å². The summed E-state index contributed by atoms with van der Waals surface area (Å²) in [6.45, 7) is 2.77. The van der Waals surface area contributed by atoms with E-state index in [-0.39, 0.29) is 5.91 Å². The van der Waals surface area contributed by atoms with Gasteiger partial charge >= 0.3 is 0 Å². The van der Waals surface area contributed by atoms with Gasteiger partial charge in [-0.1, -0.05) is 6.92 Å². The Kier molecular flexibility index (Phi) is 4.33. The number of nitrogens with two attached hydrogens (primary N) is 1. The number of nitrogens with one attached hydrogen (secondary N) is 1. The van der Waals surface area contributed by atoms with Crippen LogP contribution in [0.1, 0.15) is 67.9 Å². The quantitative estimate of drug-likeness (QED) is 0.837. The maximum absolute atomic E-state index is 12.7. The molecule has 6 rings (SSSR count). The molecule has 5 aliphatic rings. The molecule has 1 heterocycles. The number of rotatable bonds is 4. The predicted molar refractivity (Wildman–Crippen MR) is 107 cm³/mol. The van der Waals surface area contributed by atoms with Gasteiger partial charge < -0.3 is 10.6 Å². The van der Waals surface area contributed by atoms with E-state index < -0.39 is 0 Å². The van der Waals surface area contributed by atoms with Gasteiger partial charge in [0, 0.05) is 24.1 Å². The van der Waals surface area contributed by atoms with Crippen LogP contribution in [0.2, 0.25) is 0 Å². The van der Waals surface area contributed by atoms with E-state index in [2.05, 4.69) is 23.6 Å². The number of hydrogen-bond acceptors (Lipinski definition) is 3. The summed E-state index contributed by atoms with van der Waals surface area (Å²) >= 11 is 1.64. The van der Waals surface area contributed by atoms with Crippen molar-refractivity contribution in [3.8, 4) is 6.07 Å². The Morgan fingerprint density at radius 2 is 1.93 bits per heavy atom. The van der Waals surface area contributed by atoms with Crippen molar-refractivity contribution in [3.05, 3.63) is 16.0 Å². The van der Waals surface area contributed by atoms with Crippen molar-refractivity contribution in [2.75, 3.05) is 11.9 Å². The summed E-state index contributed by atoms with van der Waals surface area (Å²) in [6, 6.07) is 2.36. The second kappa shape index (κ2) is 6.60. The molecule has 1 aromatic rings. The van der Waals surface area contributed by atoms with E-state index in [1.807, 2.05) is 0 Å². The van der Waals surface area contributed by atoms with Gasteiger partial charge in [-0.05, 0) is 67.8 Å². The Labute approximate surface area is 165 Å². The molecule has 1 aromatic heterocycles. The van der Waals surface area contributed by atoms with Gasteiger partial charge in [0.15, 0.2) is 6.54 Å². The number of nitrogens with zero attached hydrogens (tertiary/aromatic N) is 1. The van der Waals surface area contributed by atoms with E-state index >= 15 is 0 Å². The van der Waals surface area contributed by atoms with Gasteiger partial charge in [-0.25, -0.2) is 0 Å². The summed E-state index contributed by atoms with van der Waals surface area (Å²) in [4.78, 5) is 14.0. The molecule has 1 atom stereocenters. The van der Waals surface area contributed by atoms with Crippen molar-refractivity contribution < 1.29 is 10.1 Å². The average molecular weight is 385 g/mol. The zero-order chi connectivity index (χ0) is 18.6. The third-order valence-electron chi connectivity index (χ3n) is 7.68. The van der Waals surface area contributed by atoms with Crippen molar-refractivity contribution in [2.45, 2.75) is 70.3 Å². The minimum absolute atomic E-state index is 0.0638. The number of quaternary nitrogens is 1. The average Bonchev–Trinajstić information content (AvgIpc) is 2.95. The molecular formula is C22H30N3OS+. The number of thiophene rings is 1. The standard InChI is InChI=1S/C22H29N3OS/c1-13-2-3-17-18(11-23)21(27-19(17)4-13)25-20(26)12-24-22-8-14-5-15(9-22)7-16(6-14)10-22/h13-16,24H,2-10,12H2,1H3,(H,25,26)/p+1/t13-,14?,15?,16?,22?/m1/s1. The first-order valence-electron chi connectivity index (χ1n) is 10.7. The molecule has 0 spiro atoms. The van der Waals surface area contributed by atoms with Crippen molar-refractivity contribution >= 4 is 22.2 Å². The summed E-state index contributed by atoms with van der Waals surface area (Å²) in [5, 5.41) is 15.9. The van der Waals surface area contributed by atoms with Crippen LogP contribution in [-0.4, -0.2) is 18.0 Å². The first kappa shape index (κ1) is 17.7. The molecule has 0 radical (unpaired) electrons. The molecule has 4 saturated carbocycles. The minimum Gasteiger partial charge on any atom is -0.334 e. The fourth-order valence-electron chi connectivity index (χ4n) is 6.87. The van der Waals surface area contributed by atoms with Crippen LogP contribution in [0.15, 0.2) is 0 Å². The number of carbonyl (C=O) groups excluding carboxylic acids is 1. The highest BCUT2D eigenvalue weighted by Gasteiger charge is 2.53. The van der Waals surface area contributed by atoms with Gasteiger partial charge in [-0.15, -0.1) is 11.3 Å². The summed E-state index contributed by atoms with van der Waals surface area (Å²) < 4.78 is 0. The maximum atomic E-state index is 12.7. The van der Waals surface area contributed by atoms with E-state index in [0.717, 1.165) is 47.6 Å². The van der Waals surface area contributed by atoms with Crippen LogP contribution in [0.25, 0.3) is 0 Å². The molecule has 3 N–H and O–H groups in total. The van der Waals surface area contributed by atoms with Crippen molar-refractivity contribution in [1.29, 1.82) is 5.26 Å². The summed E-state index contributed by atoms with van der Waals surface area (Å²) in [6.07, 6.45) is 11.4. The molecule has 0 aliphatic heterocycles. The van der Waals surface area contributed by atoms with Gasteiger partial charge in [0.1, 0.15) is 11.1 Å². The highest BCUT2D eigenvalue weighted by atomic mass is 32.1. The molecule has 4 nitrogen and oxygen atoms in total. The smallest absolute Gasteiger partial charge is 0.280 e. The molecule has 4 bridgehead atoms. The number of fused-ring (bicyclic) bond motifs is 1. The van der Waals surface area contributed by atoms with Crippen LogP contribution >= 0.6 is 11.3 Å². The lowest BCUT2D eigenvalue weighted by molar-refractivity contribution is -0.729. The van der Waals surface area contributed by atoms with E-state index in [9.17, 15) is 10.1 Å². The molecule has 4 fully saturated rings. The molecule has 5 aliphatic carbocycles. The van der Waals surface area contributed by atoms with Crippen molar-refractivity contribution in [2.24, 2.45) is 23.7 Å². The van der Waals surface area contributed by atoms with E-state index in [1.54, 1.807) is 11.3 Å². The third kappa shape index (κ3) is 3.21. The van der Waals surface area contributed by atoms with E-state index in [1.165, 1.54) is 49.0 Å². The van der Waals surface area contributed by atoms with Crippen LogP contribution in [0, 0.1) is 35.0 Å². The lowest BCUT2D eigenvalue weighted by atomic mass is 9.53. The molecule has 27 heavy (non-hydrogen) atoms. The molecule has 0 unspecified atom stereocenters. The number of amides is 1. The second-order valence-corrected chi connectivity index (χ2v) is 11.0. The SMILES string of the molecule is C[C@@H]1CCc2c(sc(NC(=O)C[NH2+]C34CC5CC(CC(C5)C3)C4)c2C#N)C1. The first-order chi connectivity index (χ1) is 13.0. The van der Waals surface area contributed by atoms with Gasteiger partial charge in [-0.3, -0.25) is 4.79 Å². The Balaban J connectivity index is 1.25. The summed E-state index contributed by atoms with van der Waals surface area (Å²) in [7, 11) is 0. The number of hydrogen-bond donors (Lipinski definition) is 2. The maximum Gasteiger partial charge on any atom is 0.280 e. The highest BCUT2D eigenvalue weighted by molar-refractivity contribution is 7.16. The Bertz CT molecular complexity index is 770. The Morgan fingerprint density at radius 3 is 2.56 bits per heavy atom. The minimum atomic E-state index is 0.0638. The summed E-state index contributed by atoms with van der Waals surface area (Å²) in [5.74, 6) is 3.47.